The number of hydrogen-bond donors (Lipinski definition) is 0. The second-order valence-corrected chi connectivity index (χ2v) is 7.61. The van der Waals surface area contributed by atoms with Gasteiger partial charge < -0.3 is 4.74 Å². The molecule has 3 rings (SSSR count). The topological polar surface area (TPSA) is 26.3 Å². The largest absolute Gasteiger partial charge is 0.450 e. The fourth-order valence-electron chi connectivity index (χ4n) is 4.95. The van der Waals surface area contributed by atoms with Crippen molar-refractivity contribution in [3.63, 3.8) is 0 Å². The van der Waals surface area contributed by atoms with Crippen molar-refractivity contribution in [1.82, 2.24) is 0 Å². The van der Waals surface area contributed by atoms with Gasteiger partial charge in [-0.3, -0.25) is 0 Å². The van der Waals surface area contributed by atoms with Crippen LogP contribution in [0.4, 0.5) is 0 Å². The molecule has 2 nitrogen and oxygen atoms in total. The zero-order valence-corrected chi connectivity index (χ0v) is 14.1. The lowest BCUT2D eigenvalue weighted by molar-refractivity contribution is -0.176. The lowest BCUT2D eigenvalue weighted by Gasteiger charge is -2.48. The minimum absolute atomic E-state index is 0.0245. The fraction of sp³-hybridized carbons (Fsp3) is 0.550. The SMILES string of the molecule is C/C=C/C(=O)O[C@]1(c2ccccc2)C[C@H]2CC[C@]1(C)C2(C)C. The fourth-order valence-corrected chi connectivity index (χ4v) is 4.95. The van der Waals surface area contributed by atoms with E-state index in [1.165, 1.54) is 12.5 Å². The molecule has 0 radical (unpaired) electrons. The summed E-state index contributed by atoms with van der Waals surface area (Å²) in [7, 11) is 0. The molecule has 2 aliphatic carbocycles. The smallest absolute Gasteiger partial charge is 0.331 e. The summed E-state index contributed by atoms with van der Waals surface area (Å²) in [5, 5.41) is 0. The van der Waals surface area contributed by atoms with Crippen molar-refractivity contribution >= 4 is 5.97 Å². The van der Waals surface area contributed by atoms with Crippen LogP contribution in [-0.2, 0) is 15.1 Å². The molecule has 3 atom stereocenters. The molecule has 0 saturated heterocycles. The van der Waals surface area contributed by atoms with Gasteiger partial charge in [-0.15, -0.1) is 0 Å². The molecule has 22 heavy (non-hydrogen) atoms. The van der Waals surface area contributed by atoms with Gasteiger partial charge in [0.1, 0.15) is 5.60 Å². The Kier molecular flexibility index (Phi) is 3.47. The summed E-state index contributed by atoms with van der Waals surface area (Å²) in [5.74, 6) is 0.382. The normalized spacial score (nSPS) is 35.9. The molecule has 2 saturated carbocycles. The van der Waals surface area contributed by atoms with Gasteiger partial charge in [-0.2, -0.15) is 0 Å². The van der Waals surface area contributed by atoms with Crippen LogP contribution in [0.25, 0.3) is 0 Å². The highest BCUT2D eigenvalue weighted by Crippen LogP contribution is 2.73. The number of hydrogen-bond acceptors (Lipinski definition) is 2. The summed E-state index contributed by atoms with van der Waals surface area (Å²) in [6.45, 7) is 8.86. The van der Waals surface area contributed by atoms with Crippen molar-refractivity contribution in [1.29, 1.82) is 0 Å². The Labute approximate surface area is 133 Å². The van der Waals surface area contributed by atoms with Crippen LogP contribution in [0.15, 0.2) is 42.5 Å². The van der Waals surface area contributed by atoms with E-state index in [-0.39, 0.29) is 16.8 Å². The second kappa shape index (κ2) is 4.97. The number of carbonyl (C=O) groups is 1. The Bertz CT molecular complexity index is 601. The molecule has 0 aliphatic heterocycles. The van der Waals surface area contributed by atoms with Crippen LogP contribution in [0.5, 0.6) is 0 Å². The quantitative estimate of drug-likeness (QED) is 0.589. The monoisotopic (exact) mass is 298 g/mol. The first-order valence-electron chi connectivity index (χ1n) is 8.28. The Morgan fingerprint density at radius 1 is 1.23 bits per heavy atom. The lowest BCUT2D eigenvalue weighted by Crippen LogP contribution is -2.47. The standard InChI is InChI=1S/C20H26O2/c1-5-9-17(21)22-20(15-10-7-6-8-11-15)14-16-12-13-19(20,4)18(16,2)3/h5-11,16H,12-14H2,1-4H3/b9-5+/t16-,19-,20+/m1/s1. The van der Waals surface area contributed by atoms with E-state index >= 15 is 0 Å². The molecule has 2 aliphatic rings. The second-order valence-electron chi connectivity index (χ2n) is 7.61. The minimum Gasteiger partial charge on any atom is -0.450 e. The number of carbonyl (C=O) groups excluding carboxylic acids is 1. The summed E-state index contributed by atoms with van der Waals surface area (Å²) >= 11 is 0. The minimum atomic E-state index is -0.503. The van der Waals surface area contributed by atoms with Crippen molar-refractivity contribution in [2.24, 2.45) is 16.7 Å². The summed E-state index contributed by atoms with van der Waals surface area (Å²) in [5.41, 5.74) is 0.796. The van der Waals surface area contributed by atoms with Gasteiger partial charge in [-0.1, -0.05) is 57.2 Å². The van der Waals surface area contributed by atoms with Gasteiger partial charge >= 0.3 is 5.97 Å². The van der Waals surface area contributed by atoms with Crippen LogP contribution < -0.4 is 0 Å². The number of benzene rings is 1. The average molecular weight is 298 g/mol. The van der Waals surface area contributed by atoms with E-state index in [1.807, 2.05) is 25.1 Å². The molecular weight excluding hydrogens is 272 g/mol. The number of fused-ring (bicyclic) bond motifs is 2. The van der Waals surface area contributed by atoms with Crippen LogP contribution in [0, 0.1) is 16.7 Å². The van der Waals surface area contributed by atoms with Gasteiger partial charge in [-0.05, 0) is 43.1 Å². The van der Waals surface area contributed by atoms with Crippen molar-refractivity contribution in [2.45, 2.75) is 52.6 Å². The number of allylic oxidation sites excluding steroid dienone is 1. The molecule has 0 amide bonds. The summed E-state index contributed by atoms with van der Waals surface area (Å²) in [6.07, 6.45) is 6.57. The Balaban J connectivity index is 2.12. The molecule has 1 aromatic carbocycles. The summed E-state index contributed by atoms with van der Waals surface area (Å²) < 4.78 is 6.17. The third-order valence-corrected chi connectivity index (χ3v) is 6.68. The molecule has 0 heterocycles. The van der Waals surface area contributed by atoms with Crippen LogP contribution in [0.1, 0.15) is 52.5 Å². The molecule has 118 valence electrons. The molecule has 2 bridgehead atoms. The third-order valence-electron chi connectivity index (χ3n) is 6.68. The molecule has 0 spiro atoms. The first kappa shape index (κ1) is 15.3. The highest BCUT2D eigenvalue weighted by atomic mass is 16.6. The van der Waals surface area contributed by atoms with E-state index in [9.17, 15) is 4.79 Å². The van der Waals surface area contributed by atoms with Gasteiger partial charge in [0.25, 0.3) is 0 Å². The van der Waals surface area contributed by atoms with Crippen LogP contribution in [-0.4, -0.2) is 5.97 Å². The Morgan fingerprint density at radius 3 is 2.41 bits per heavy atom. The lowest BCUT2D eigenvalue weighted by atomic mass is 9.62. The van der Waals surface area contributed by atoms with Gasteiger partial charge in [0.2, 0.25) is 0 Å². The Hall–Kier alpha value is -1.57. The van der Waals surface area contributed by atoms with Crippen molar-refractivity contribution in [3.05, 3.63) is 48.0 Å². The number of esters is 1. The van der Waals surface area contributed by atoms with E-state index in [4.69, 9.17) is 4.74 Å². The van der Waals surface area contributed by atoms with Crippen molar-refractivity contribution < 1.29 is 9.53 Å². The van der Waals surface area contributed by atoms with Crippen LogP contribution in [0.2, 0.25) is 0 Å². The Morgan fingerprint density at radius 2 is 1.91 bits per heavy atom. The third kappa shape index (κ3) is 1.82. The number of rotatable bonds is 3. The zero-order chi connectivity index (χ0) is 16.0. The summed E-state index contributed by atoms with van der Waals surface area (Å²) in [6, 6.07) is 10.3. The molecule has 1 aromatic rings. The van der Waals surface area contributed by atoms with Crippen molar-refractivity contribution in [3.8, 4) is 0 Å². The van der Waals surface area contributed by atoms with Crippen LogP contribution >= 0.6 is 0 Å². The van der Waals surface area contributed by atoms with Gasteiger partial charge in [-0.25, -0.2) is 4.79 Å². The van der Waals surface area contributed by atoms with E-state index in [2.05, 4.69) is 32.9 Å². The molecule has 0 N–H and O–H groups in total. The molecule has 0 aromatic heterocycles. The summed E-state index contributed by atoms with van der Waals surface area (Å²) in [4.78, 5) is 12.3. The van der Waals surface area contributed by atoms with E-state index < -0.39 is 5.60 Å². The first-order valence-corrected chi connectivity index (χ1v) is 8.28. The van der Waals surface area contributed by atoms with Gasteiger partial charge in [0.15, 0.2) is 0 Å². The average Bonchev–Trinajstić information content (AvgIpc) is 2.80. The molecule has 0 unspecified atom stereocenters. The van der Waals surface area contributed by atoms with Crippen molar-refractivity contribution in [2.75, 3.05) is 0 Å². The first-order chi connectivity index (χ1) is 10.4. The maximum Gasteiger partial charge on any atom is 0.331 e. The highest BCUT2D eigenvalue weighted by molar-refractivity contribution is 5.82. The van der Waals surface area contributed by atoms with E-state index in [0.717, 1.165) is 18.4 Å². The zero-order valence-electron chi connectivity index (χ0n) is 14.1. The van der Waals surface area contributed by atoms with Crippen LogP contribution in [0.3, 0.4) is 0 Å². The maximum absolute atomic E-state index is 12.3. The molecule has 2 heteroatoms. The number of ether oxygens (including phenoxy) is 1. The predicted octanol–water partition coefficient (Wildman–Crippen LogP) is 4.85. The van der Waals surface area contributed by atoms with E-state index in [0.29, 0.717) is 5.92 Å². The van der Waals surface area contributed by atoms with Gasteiger partial charge in [0, 0.05) is 11.5 Å². The maximum atomic E-state index is 12.3. The van der Waals surface area contributed by atoms with Gasteiger partial charge in [0.05, 0.1) is 0 Å². The molecule has 2 fully saturated rings. The predicted molar refractivity (Wildman–Crippen MR) is 88.3 cm³/mol. The highest BCUT2D eigenvalue weighted by Gasteiger charge is 2.71. The van der Waals surface area contributed by atoms with E-state index in [1.54, 1.807) is 6.08 Å². The molecular formula is C20H26O2.